The van der Waals surface area contributed by atoms with Crippen molar-refractivity contribution in [2.24, 2.45) is 0 Å². The van der Waals surface area contributed by atoms with Crippen LogP contribution in [-0.4, -0.2) is 40.6 Å². The number of carboxylic acid groups (broad SMARTS) is 1. The Bertz CT molecular complexity index is 695. The lowest BCUT2D eigenvalue weighted by molar-refractivity contribution is -0.150. The van der Waals surface area contributed by atoms with E-state index in [-0.39, 0.29) is 18.9 Å². The fourth-order valence-corrected chi connectivity index (χ4v) is 3.09. The number of rotatable bonds is 4. The van der Waals surface area contributed by atoms with Crippen LogP contribution in [0.1, 0.15) is 23.5 Å². The molecular formula is C19H18FNO3. The summed E-state index contributed by atoms with van der Waals surface area (Å²) in [4.78, 5) is 25.4. The predicted molar refractivity (Wildman–Crippen MR) is 87.4 cm³/mol. The van der Waals surface area contributed by atoms with E-state index in [9.17, 15) is 14.0 Å². The average molecular weight is 327 g/mol. The Kier molecular flexibility index (Phi) is 4.34. The first-order valence-electron chi connectivity index (χ1n) is 7.82. The third-order valence-corrected chi connectivity index (χ3v) is 4.43. The van der Waals surface area contributed by atoms with Crippen LogP contribution in [0.25, 0.3) is 0 Å². The van der Waals surface area contributed by atoms with Gasteiger partial charge in [-0.05, 0) is 11.1 Å². The van der Waals surface area contributed by atoms with Gasteiger partial charge < -0.3 is 10.0 Å². The van der Waals surface area contributed by atoms with Crippen LogP contribution >= 0.6 is 0 Å². The van der Waals surface area contributed by atoms with Crippen LogP contribution < -0.4 is 0 Å². The Morgan fingerprint density at radius 2 is 1.50 bits per heavy atom. The minimum atomic E-state index is -2.35. The number of carbonyl (C=O) groups excluding carboxylic acids is 1. The second kappa shape index (κ2) is 6.43. The van der Waals surface area contributed by atoms with Gasteiger partial charge in [0.1, 0.15) is 0 Å². The quantitative estimate of drug-likeness (QED) is 0.939. The van der Waals surface area contributed by atoms with E-state index in [2.05, 4.69) is 0 Å². The zero-order valence-corrected chi connectivity index (χ0v) is 13.1. The Labute approximate surface area is 139 Å². The molecule has 3 rings (SSSR count). The molecule has 1 unspecified atom stereocenters. The maximum Gasteiger partial charge on any atom is 0.343 e. The van der Waals surface area contributed by atoms with Crippen molar-refractivity contribution in [1.82, 2.24) is 4.90 Å². The number of halogens is 1. The lowest BCUT2D eigenvalue weighted by atomic mass is 9.90. The first kappa shape index (κ1) is 16.2. The Morgan fingerprint density at radius 1 is 1.00 bits per heavy atom. The van der Waals surface area contributed by atoms with E-state index < -0.39 is 24.1 Å². The summed E-state index contributed by atoms with van der Waals surface area (Å²) in [6.07, 6.45) is -0.176. The Morgan fingerprint density at radius 3 is 1.92 bits per heavy atom. The highest BCUT2D eigenvalue weighted by atomic mass is 19.1. The van der Waals surface area contributed by atoms with Crippen molar-refractivity contribution in [3.05, 3.63) is 71.8 Å². The highest BCUT2D eigenvalue weighted by Gasteiger charge is 2.48. The summed E-state index contributed by atoms with van der Waals surface area (Å²) >= 11 is 0. The van der Waals surface area contributed by atoms with Crippen molar-refractivity contribution in [1.29, 1.82) is 0 Å². The summed E-state index contributed by atoms with van der Waals surface area (Å²) in [5.41, 5.74) is -0.742. The largest absolute Gasteiger partial charge is 0.479 e. The number of likely N-dealkylation sites (tertiary alicyclic amines) is 1. The van der Waals surface area contributed by atoms with Crippen molar-refractivity contribution >= 4 is 11.9 Å². The van der Waals surface area contributed by atoms with Gasteiger partial charge in [-0.15, -0.1) is 0 Å². The van der Waals surface area contributed by atoms with Crippen molar-refractivity contribution in [3.8, 4) is 0 Å². The maximum absolute atomic E-state index is 14.3. The molecule has 5 heteroatoms. The van der Waals surface area contributed by atoms with E-state index in [1.165, 1.54) is 4.90 Å². The monoisotopic (exact) mass is 327 g/mol. The molecule has 1 aliphatic heterocycles. The van der Waals surface area contributed by atoms with Crippen LogP contribution in [0.2, 0.25) is 0 Å². The van der Waals surface area contributed by atoms with Crippen LogP contribution in [0, 0.1) is 0 Å². The number of carboxylic acids is 1. The lowest BCUT2D eigenvalue weighted by Crippen LogP contribution is -2.40. The number of nitrogens with zero attached hydrogens (tertiary/aromatic N) is 1. The number of carbonyl (C=O) groups is 2. The molecular weight excluding hydrogens is 309 g/mol. The third-order valence-electron chi connectivity index (χ3n) is 4.43. The van der Waals surface area contributed by atoms with Gasteiger partial charge in [0, 0.05) is 13.0 Å². The van der Waals surface area contributed by atoms with E-state index in [0.29, 0.717) is 0 Å². The summed E-state index contributed by atoms with van der Waals surface area (Å²) in [6.45, 7) is -0.296. The summed E-state index contributed by atoms with van der Waals surface area (Å²) < 4.78 is 14.3. The van der Waals surface area contributed by atoms with Gasteiger partial charge >= 0.3 is 5.97 Å². The molecule has 2 aromatic rings. The minimum absolute atomic E-state index is 0.109. The molecule has 1 atom stereocenters. The van der Waals surface area contributed by atoms with Gasteiger partial charge in [0.15, 0.2) is 0 Å². The number of benzene rings is 2. The second-order valence-electron chi connectivity index (χ2n) is 6.03. The zero-order chi connectivity index (χ0) is 17.2. The first-order valence-corrected chi connectivity index (χ1v) is 7.82. The number of amides is 1. The molecule has 124 valence electrons. The average Bonchev–Trinajstić information content (AvgIpc) is 3.01. The lowest BCUT2D eigenvalue weighted by Gasteiger charge is -2.24. The van der Waals surface area contributed by atoms with Gasteiger partial charge in [-0.1, -0.05) is 60.7 Å². The van der Waals surface area contributed by atoms with Gasteiger partial charge in [-0.2, -0.15) is 0 Å². The maximum atomic E-state index is 14.3. The third kappa shape index (κ3) is 3.02. The molecule has 0 spiro atoms. The molecule has 1 amide bonds. The van der Waals surface area contributed by atoms with Gasteiger partial charge in [0.25, 0.3) is 0 Å². The van der Waals surface area contributed by atoms with E-state index in [1.54, 1.807) is 0 Å². The number of aliphatic carboxylic acids is 1. The molecule has 0 saturated carbocycles. The fraction of sp³-hybridized carbons (Fsp3) is 0.263. The topological polar surface area (TPSA) is 57.6 Å². The molecule has 0 bridgehead atoms. The first-order chi connectivity index (χ1) is 11.5. The van der Waals surface area contributed by atoms with Crippen LogP contribution in [-0.2, 0) is 9.59 Å². The summed E-state index contributed by atoms with van der Waals surface area (Å²) in [5.74, 6) is -2.34. The molecule has 2 aromatic carbocycles. The van der Waals surface area contributed by atoms with E-state index in [1.807, 2.05) is 60.7 Å². The Hall–Kier alpha value is -2.69. The Balaban J connectivity index is 1.92. The van der Waals surface area contributed by atoms with E-state index >= 15 is 0 Å². The molecule has 1 fully saturated rings. The zero-order valence-electron chi connectivity index (χ0n) is 13.1. The highest BCUT2D eigenvalue weighted by Crippen LogP contribution is 2.32. The number of hydrogen-bond donors (Lipinski definition) is 1. The van der Waals surface area contributed by atoms with Crippen molar-refractivity contribution in [3.63, 3.8) is 0 Å². The summed E-state index contributed by atoms with van der Waals surface area (Å²) in [5, 5.41) is 9.03. The molecule has 1 heterocycles. The fourth-order valence-electron chi connectivity index (χ4n) is 3.09. The SMILES string of the molecule is O=C(C(c1ccccc1)c1ccccc1)N1CCC(F)(C(=O)O)C1. The van der Waals surface area contributed by atoms with Gasteiger partial charge in [0.05, 0.1) is 12.5 Å². The van der Waals surface area contributed by atoms with Crippen LogP contribution in [0.3, 0.4) is 0 Å². The van der Waals surface area contributed by atoms with Crippen molar-refractivity contribution in [2.45, 2.75) is 18.0 Å². The minimum Gasteiger partial charge on any atom is -0.479 e. The van der Waals surface area contributed by atoms with Gasteiger partial charge in [-0.3, -0.25) is 4.79 Å². The molecule has 0 aliphatic carbocycles. The standard InChI is InChI=1S/C19H18FNO3/c20-19(18(23)24)11-12-21(13-19)17(22)16(14-7-3-1-4-8-14)15-9-5-2-6-10-15/h1-10,16H,11-13H2,(H,23,24). The van der Waals surface area contributed by atoms with Crippen LogP contribution in [0.5, 0.6) is 0 Å². The smallest absolute Gasteiger partial charge is 0.343 e. The van der Waals surface area contributed by atoms with Crippen LogP contribution in [0.4, 0.5) is 4.39 Å². The molecule has 24 heavy (non-hydrogen) atoms. The molecule has 0 aromatic heterocycles. The van der Waals surface area contributed by atoms with Gasteiger partial charge in [-0.25, -0.2) is 9.18 Å². The van der Waals surface area contributed by atoms with E-state index in [4.69, 9.17) is 5.11 Å². The molecule has 1 N–H and O–H groups in total. The predicted octanol–water partition coefficient (Wildman–Crippen LogP) is 2.84. The van der Waals surface area contributed by atoms with Crippen molar-refractivity contribution < 1.29 is 19.1 Å². The number of hydrogen-bond acceptors (Lipinski definition) is 2. The van der Waals surface area contributed by atoms with E-state index in [0.717, 1.165) is 11.1 Å². The summed E-state index contributed by atoms with van der Waals surface area (Å²) in [7, 11) is 0. The molecule has 1 aliphatic rings. The molecule has 4 nitrogen and oxygen atoms in total. The van der Waals surface area contributed by atoms with Crippen LogP contribution in [0.15, 0.2) is 60.7 Å². The molecule has 0 radical (unpaired) electrons. The van der Waals surface area contributed by atoms with Gasteiger partial charge in [0.2, 0.25) is 11.6 Å². The molecule has 1 saturated heterocycles. The normalized spacial score (nSPS) is 20.3. The summed E-state index contributed by atoms with van der Waals surface area (Å²) in [6, 6.07) is 18.5. The number of alkyl halides is 1. The highest BCUT2D eigenvalue weighted by molar-refractivity contribution is 5.89. The second-order valence-corrected chi connectivity index (χ2v) is 6.03. The van der Waals surface area contributed by atoms with Crippen molar-refractivity contribution in [2.75, 3.05) is 13.1 Å².